The fourth-order valence-electron chi connectivity index (χ4n) is 7.73. The van der Waals surface area contributed by atoms with E-state index >= 15 is 0 Å². The monoisotopic (exact) mass is 985 g/mol. The molecule has 384 valence electrons. The SMILES string of the molecule is CO[C@@H]1O[C@H](COCc2ccccc2)[C@@H](O[C@@H]2O[C@H](COC(C)=O)[C@@H](OC(C)=O)[C@H](OC(C)=O)[C@H]2OC(C)=O)[C@H](O[C@H]2O[C@H](COC(C)=O)[C@@H](OC(C)=O)[C@H](OC(C)=O)[C@@H]2OC(C)=O)[C@H]1NC(C)=O. The zero-order chi connectivity index (χ0) is 51.1. The van der Waals surface area contributed by atoms with Crippen molar-refractivity contribution >= 4 is 53.7 Å². The van der Waals surface area contributed by atoms with Crippen molar-refractivity contribution in [2.75, 3.05) is 26.9 Å². The summed E-state index contributed by atoms with van der Waals surface area (Å²) in [5, 5.41) is 2.69. The molecule has 1 amide bonds. The molecule has 1 aromatic carbocycles. The molecule has 25 nitrogen and oxygen atoms in total. The highest BCUT2D eigenvalue weighted by Crippen LogP contribution is 2.38. The maximum absolute atomic E-state index is 13.0. The maximum Gasteiger partial charge on any atom is 0.303 e. The third-order valence-electron chi connectivity index (χ3n) is 10.1. The lowest BCUT2D eigenvalue weighted by atomic mass is 9.94. The van der Waals surface area contributed by atoms with E-state index in [9.17, 15) is 43.2 Å². The van der Waals surface area contributed by atoms with E-state index in [1.54, 1.807) is 30.3 Å². The Bertz CT molecular complexity index is 1960. The predicted octanol–water partition coefficient (Wildman–Crippen LogP) is 0.0158. The second kappa shape index (κ2) is 26.2. The second-order valence-electron chi connectivity index (χ2n) is 15.8. The summed E-state index contributed by atoms with van der Waals surface area (Å²) in [5.41, 5.74) is 0.732. The van der Waals surface area contributed by atoms with Crippen molar-refractivity contribution in [3.8, 4) is 0 Å². The van der Waals surface area contributed by atoms with Crippen molar-refractivity contribution in [2.45, 2.75) is 161 Å². The van der Waals surface area contributed by atoms with Gasteiger partial charge in [-0.15, -0.1) is 0 Å². The number of benzene rings is 1. The van der Waals surface area contributed by atoms with Gasteiger partial charge in [0.2, 0.25) is 5.91 Å². The number of esters is 8. The zero-order valence-corrected chi connectivity index (χ0v) is 39.7. The van der Waals surface area contributed by atoms with Crippen molar-refractivity contribution in [1.82, 2.24) is 5.32 Å². The van der Waals surface area contributed by atoms with E-state index < -0.39 is 159 Å². The van der Waals surface area contributed by atoms with Crippen LogP contribution in [-0.2, 0) is 121 Å². The fraction of sp³-hybridized carbons (Fsp3) is 0.659. The van der Waals surface area contributed by atoms with E-state index in [1.165, 1.54) is 7.11 Å². The number of methoxy groups -OCH3 is 1. The number of carbonyl (C=O) groups is 9. The molecule has 0 aromatic heterocycles. The van der Waals surface area contributed by atoms with Gasteiger partial charge in [-0.1, -0.05) is 30.3 Å². The highest BCUT2D eigenvalue weighted by Gasteiger charge is 2.59. The Kier molecular flexibility index (Phi) is 21.2. The quantitative estimate of drug-likeness (QED) is 0.133. The molecule has 0 bridgehead atoms. The molecular formula is C44H59NO24. The van der Waals surface area contributed by atoms with Crippen LogP contribution in [0.5, 0.6) is 0 Å². The van der Waals surface area contributed by atoms with Gasteiger partial charge in [-0.05, 0) is 5.56 Å². The number of nitrogens with one attached hydrogen (secondary N) is 1. The first-order valence-electron chi connectivity index (χ1n) is 21.6. The third kappa shape index (κ3) is 16.7. The molecule has 1 aromatic rings. The summed E-state index contributed by atoms with van der Waals surface area (Å²) in [7, 11) is 1.24. The average Bonchev–Trinajstić information content (AvgIpc) is 3.24. The number of rotatable bonds is 20. The van der Waals surface area contributed by atoms with Crippen LogP contribution in [0.25, 0.3) is 0 Å². The minimum absolute atomic E-state index is 0.00443. The molecule has 3 aliphatic heterocycles. The van der Waals surface area contributed by atoms with Crippen molar-refractivity contribution in [1.29, 1.82) is 0 Å². The number of hydrogen-bond acceptors (Lipinski definition) is 24. The Morgan fingerprint density at radius 1 is 0.449 bits per heavy atom. The molecule has 0 radical (unpaired) electrons. The maximum atomic E-state index is 13.0. The summed E-state index contributed by atoms with van der Waals surface area (Å²) in [6, 6.07) is 7.49. The van der Waals surface area contributed by atoms with Crippen LogP contribution in [0.1, 0.15) is 67.9 Å². The normalized spacial score (nSPS) is 30.8. The predicted molar refractivity (Wildman–Crippen MR) is 223 cm³/mol. The molecule has 69 heavy (non-hydrogen) atoms. The number of amides is 1. The molecule has 3 saturated heterocycles. The topological polar surface area (TPSA) is 304 Å². The highest BCUT2D eigenvalue weighted by molar-refractivity contribution is 5.73. The third-order valence-corrected chi connectivity index (χ3v) is 10.1. The van der Waals surface area contributed by atoms with Crippen LogP contribution in [0.2, 0.25) is 0 Å². The molecule has 25 heteroatoms. The second-order valence-corrected chi connectivity index (χ2v) is 15.8. The molecule has 3 heterocycles. The largest absolute Gasteiger partial charge is 0.463 e. The first kappa shape index (κ1) is 55.8. The lowest BCUT2D eigenvalue weighted by Gasteiger charge is -2.51. The standard InChI is InChI=1S/C44H59NO24/c1-20(46)45-33-37(69-44-41(64-28(9)54)39(62-26(7)52)36(60-24(5)50)32(67-44)19-58-22(3)48)34(30(65-42(33)55-10)17-56-16-29-14-12-11-13-15-29)68-43-40(63-27(8)53)38(61-25(6)51)35(59-23(4)49)31(66-43)18-57-21(2)47/h11-15,30-44H,16-19H2,1-10H3,(H,45,46)/t30-,31-,32-,33-,34-,35-,36-,37-,38+,39+,40-,41+,42-,43+,44-/m1/s1. The van der Waals surface area contributed by atoms with Crippen molar-refractivity contribution in [3.63, 3.8) is 0 Å². The molecule has 3 fully saturated rings. The lowest BCUT2D eigenvalue weighted by Crippen LogP contribution is -2.70. The van der Waals surface area contributed by atoms with E-state index in [0.717, 1.165) is 67.9 Å². The summed E-state index contributed by atoms with van der Waals surface area (Å²) in [4.78, 5) is 113. The van der Waals surface area contributed by atoms with Crippen LogP contribution in [0.4, 0.5) is 0 Å². The smallest absolute Gasteiger partial charge is 0.303 e. The molecule has 1 N–H and O–H groups in total. The molecule has 15 atom stereocenters. The highest BCUT2D eigenvalue weighted by atomic mass is 16.8. The zero-order valence-electron chi connectivity index (χ0n) is 39.7. The van der Waals surface area contributed by atoms with Gasteiger partial charge in [0, 0.05) is 69.4 Å². The van der Waals surface area contributed by atoms with E-state index in [-0.39, 0.29) is 13.2 Å². The van der Waals surface area contributed by atoms with Gasteiger partial charge in [0.05, 0.1) is 13.2 Å². The summed E-state index contributed by atoms with van der Waals surface area (Å²) in [5.74, 6) is -7.86. The first-order chi connectivity index (χ1) is 32.6. The molecule has 0 unspecified atom stereocenters. The molecule has 4 rings (SSSR count). The number of carbonyl (C=O) groups excluding carboxylic acids is 9. The van der Waals surface area contributed by atoms with Crippen LogP contribution in [-0.4, -0.2) is 173 Å². The van der Waals surface area contributed by atoms with Gasteiger partial charge in [-0.2, -0.15) is 0 Å². The van der Waals surface area contributed by atoms with Crippen LogP contribution in [0, 0.1) is 0 Å². The molecule has 3 aliphatic rings. The van der Waals surface area contributed by atoms with Crippen LogP contribution >= 0.6 is 0 Å². The Morgan fingerprint density at radius 2 is 0.826 bits per heavy atom. The lowest BCUT2D eigenvalue weighted by molar-refractivity contribution is -0.374. The van der Waals surface area contributed by atoms with Crippen molar-refractivity contribution in [3.05, 3.63) is 35.9 Å². The van der Waals surface area contributed by atoms with Crippen molar-refractivity contribution in [2.24, 2.45) is 0 Å². The van der Waals surface area contributed by atoms with Crippen molar-refractivity contribution < 1.29 is 114 Å². The van der Waals surface area contributed by atoms with Gasteiger partial charge in [-0.3, -0.25) is 43.2 Å². The Hall–Kier alpha value is -5.83. The van der Waals surface area contributed by atoms with Crippen LogP contribution in [0.15, 0.2) is 30.3 Å². The Balaban J connectivity index is 1.97. The summed E-state index contributed by atoms with van der Waals surface area (Å²) >= 11 is 0. The average molecular weight is 986 g/mol. The Labute approximate surface area is 396 Å². The van der Waals surface area contributed by atoms with Gasteiger partial charge in [-0.25, -0.2) is 0 Å². The van der Waals surface area contributed by atoms with Gasteiger partial charge < -0.3 is 76.4 Å². The van der Waals surface area contributed by atoms with Crippen LogP contribution in [0.3, 0.4) is 0 Å². The van der Waals surface area contributed by atoms with E-state index in [2.05, 4.69) is 5.32 Å². The van der Waals surface area contributed by atoms with E-state index in [0.29, 0.717) is 0 Å². The molecule has 0 saturated carbocycles. The van der Waals surface area contributed by atoms with E-state index in [4.69, 9.17) is 71.1 Å². The number of hydrogen-bond donors (Lipinski definition) is 1. The minimum Gasteiger partial charge on any atom is -0.463 e. The van der Waals surface area contributed by atoms with Crippen LogP contribution < -0.4 is 5.32 Å². The fourth-order valence-corrected chi connectivity index (χ4v) is 7.73. The number of ether oxygens (including phenoxy) is 15. The summed E-state index contributed by atoms with van der Waals surface area (Å²) in [6.45, 7) is 7.86. The molecule has 0 aliphatic carbocycles. The minimum atomic E-state index is -1.91. The van der Waals surface area contributed by atoms with Gasteiger partial charge in [0.1, 0.15) is 49.8 Å². The van der Waals surface area contributed by atoms with Gasteiger partial charge in [0.15, 0.2) is 55.5 Å². The van der Waals surface area contributed by atoms with E-state index in [1.807, 2.05) is 0 Å². The summed E-state index contributed by atoms with van der Waals surface area (Å²) in [6.07, 6.45) is -23.1. The Morgan fingerprint density at radius 3 is 1.22 bits per heavy atom. The summed E-state index contributed by atoms with van der Waals surface area (Å²) < 4.78 is 88.3. The first-order valence-corrected chi connectivity index (χ1v) is 21.6. The molecular weight excluding hydrogens is 926 g/mol. The molecule has 0 spiro atoms. The van der Waals surface area contributed by atoms with Gasteiger partial charge in [0.25, 0.3) is 0 Å². The van der Waals surface area contributed by atoms with Gasteiger partial charge >= 0.3 is 47.8 Å².